The lowest BCUT2D eigenvalue weighted by molar-refractivity contribution is 1.26. The van der Waals surface area contributed by atoms with Gasteiger partial charge in [-0.25, -0.2) is 4.98 Å². The van der Waals surface area contributed by atoms with Crippen LogP contribution in [-0.2, 0) is 4.43 Å². The SMILES string of the molecule is Clc1cc(Cl)c(CI)cn1. The fourth-order valence-electron chi connectivity index (χ4n) is 0.534. The van der Waals surface area contributed by atoms with E-state index in [1.807, 2.05) is 0 Å². The zero-order chi connectivity index (χ0) is 7.56. The summed E-state index contributed by atoms with van der Waals surface area (Å²) in [5, 5.41) is 1.13. The molecule has 0 aliphatic carbocycles. The second-order valence-electron chi connectivity index (χ2n) is 1.73. The molecule has 1 aromatic rings. The van der Waals surface area contributed by atoms with Gasteiger partial charge in [-0.2, -0.15) is 0 Å². The molecule has 0 amide bonds. The highest BCUT2D eigenvalue weighted by Gasteiger charge is 1.98. The molecule has 1 nitrogen and oxygen atoms in total. The number of pyridine rings is 1. The van der Waals surface area contributed by atoms with Gasteiger partial charge in [0.2, 0.25) is 0 Å². The van der Waals surface area contributed by atoms with Crippen molar-refractivity contribution in [3.63, 3.8) is 0 Å². The topological polar surface area (TPSA) is 12.9 Å². The number of hydrogen-bond donors (Lipinski definition) is 0. The fourth-order valence-corrected chi connectivity index (χ4v) is 1.80. The second-order valence-corrected chi connectivity index (χ2v) is 3.29. The molecule has 0 saturated carbocycles. The third-order valence-corrected chi connectivity index (χ3v) is 2.42. The number of rotatable bonds is 1. The predicted molar refractivity (Wildman–Crippen MR) is 52.0 cm³/mol. The molecule has 10 heavy (non-hydrogen) atoms. The molecule has 1 rings (SSSR count). The molecule has 0 saturated heterocycles. The number of hydrogen-bond acceptors (Lipinski definition) is 1. The van der Waals surface area contributed by atoms with Crippen molar-refractivity contribution in [1.82, 2.24) is 4.98 Å². The number of aromatic nitrogens is 1. The van der Waals surface area contributed by atoms with Gasteiger partial charge >= 0.3 is 0 Å². The van der Waals surface area contributed by atoms with Crippen molar-refractivity contribution in [1.29, 1.82) is 0 Å². The molecule has 0 N–H and O–H groups in total. The highest BCUT2D eigenvalue weighted by molar-refractivity contribution is 14.1. The first-order chi connectivity index (χ1) is 4.74. The molecule has 1 aromatic heterocycles. The summed E-state index contributed by atoms with van der Waals surface area (Å²) in [4.78, 5) is 3.89. The molecule has 0 unspecified atom stereocenters. The molecule has 4 heteroatoms. The van der Waals surface area contributed by atoms with Gasteiger partial charge in [0, 0.05) is 15.6 Å². The average Bonchev–Trinajstić information content (AvgIpc) is 1.88. The van der Waals surface area contributed by atoms with E-state index in [9.17, 15) is 0 Å². The van der Waals surface area contributed by atoms with Gasteiger partial charge in [-0.05, 0) is 11.6 Å². The van der Waals surface area contributed by atoms with Crippen molar-refractivity contribution in [3.05, 3.63) is 28.0 Å². The number of nitrogens with zero attached hydrogens (tertiary/aromatic N) is 1. The summed E-state index contributed by atoms with van der Waals surface area (Å²) < 4.78 is 0.862. The van der Waals surface area contributed by atoms with Crippen LogP contribution in [0.25, 0.3) is 0 Å². The van der Waals surface area contributed by atoms with Gasteiger partial charge in [0.1, 0.15) is 5.15 Å². The first-order valence-corrected chi connectivity index (χ1v) is 4.88. The molecular formula is C6H4Cl2IN. The summed E-state index contributed by atoms with van der Waals surface area (Å²) in [6, 6.07) is 1.65. The summed E-state index contributed by atoms with van der Waals surface area (Å²) in [6.45, 7) is 0. The fraction of sp³-hybridized carbons (Fsp3) is 0.167. The minimum atomic E-state index is 0.443. The van der Waals surface area contributed by atoms with E-state index in [-0.39, 0.29) is 0 Å². The molecule has 0 spiro atoms. The van der Waals surface area contributed by atoms with Gasteiger partial charge in [0.15, 0.2) is 0 Å². The molecular weight excluding hydrogens is 284 g/mol. The molecule has 0 aliphatic rings. The van der Waals surface area contributed by atoms with Crippen LogP contribution >= 0.6 is 45.8 Å². The lowest BCUT2D eigenvalue weighted by atomic mass is 10.3. The van der Waals surface area contributed by atoms with Gasteiger partial charge in [0.05, 0.1) is 0 Å². The Kier molecular flexibility index (Phi) is 3.20. The van der Waals surface area contributed by atoms with Crippen LogP contribution in [0.5, 0.6) is 0 Å². The van der Waals surface area contributed by atoms with Crippen molar-refractivity contribution in [2.75, 3.05) is 0 Å². The van der Waals surface area contributed by atoms with E-state index in [0.29, 0.717) is 10.2 Å². The minimum absolute atomic E-state index is 0.443. The third kappa shape index (κ3) is 1.97. The smallest absolute Gasteiger partial charge is 0.130 e. The zero-order valence-electron chi connectivity index (χ0n) is 4.94. The van der Waals surface area contributed by atoms with E-state index in [0.717, 1.165) is 9.99 Å². The van der Waals surface area contributed by atoms with Crippen LogP contribution in [0.3, 0.4) is 0 Å². The van der Waals surface area contributed by atoms with Crippen LogP contribution in [0.1, 0.15) is 5.56 Å². The Morgan fingerprint density at radius 3 is 2.70 bits per heavy atom. The first kappa shape index (κ1) is 8.56. The van der Waals surface area contributed by atoms with Crippen LogP contribution in [0, 0.1) is 0 Å². The summed E-state index contributed by atoms with van der Waals surface area (Å²) in [7, 11) is 0. The monoisotopic (exact) mass is 287 g/mol. The Hall–Kier alpha value is 0.460. The largest absolute Gasteiger partial charge is 0.244 e. The highest BCUT2D eigenvalue weighted by atomic mass is 127. The lowest BCUT2D eigenvalue weighted by Crippen LogP contribution is -1.82. The summed E-state index contributed by atoms with van der Waals surface area (Å²) >= 11 is 13.6. The minimum Gasteiger partial charge on any atom is -0.244 e. The van der Waals surface area contributed by atoms with Crippen LogP contribution in [-0.4, -0.2) is 4.98 Å². The van der Waals surface area contributed by atoms with E-state index in [1.54, 1.807) is 12.3 Å². The van der Waals surface area contributed by atoms with E-state index in [1.165, 1.54) is 0 Å². The summed E-state index contributed by atoms with van der Waals surface area (Å²) in [6.07, 6.45) is 1.69. The molecule has 0 fully saturated rings. The number of alkyl halides is 1. The third-order valence-electron chi connectivity index (χ3n) is 1.04. The van der Waals surface area contributed by atoms with Gasteiger partial charge in [-0.1, -0.05) is 45.8 Å². The standard InChI is InChI=1S/C6H4Cl2IN/c7-5-1-6(8)10-3-4(5)2-9/h1,3H,2H2. The highest BCUT2D eigenvalue weighted by Crippen LogP contribution is 2.20. The maximum atomic E-state index is 5.80. The Labute approximate surface area is 82.9 Å². The molecule has 0 aliphatic heterocycles. The van der Waals surface area contributed by atoms with E-state index >= 15 is 0 Å². The summed E-state index contributed by atoms with van der Waals surface area (Å²) in [5.41, 5.74) is 1.02. The summed E-state index contributed by atoms with van der Waals surface area (Å²) in [5.74, 6) is 0. The van der Waals surface area contributed by atoms with Gasteiger partial charge in [-0.15, -0.1) is 0 Å². The van der Waals surface area contributed by atoms with Crippen LogP contribution in [0.15, 0.2) is 12.3 Å². The normalized spacial score (nSPS) is 9.90. The Morgan fingerprint density at radius 2 is 2.20 bits per heavy atom. The van der Waals surface area contributed by atoms with Gasteiger partial charge < -0.3 is 0 Å². The zero-order valence-corrected chi connectivity index (χ0v) is 8.61. The van der Waals surface area contributed by atoms with Crippen molar-refractivity contribution >= 4 is 45.8 Å². The average molecular weight is 288 g/mol. The molecule has 54 valence electrons. The van der Waals surface area contributed by atoms with Crippen molar-refractivity contribution in [2.45, 2.75) is 4.43 Å². The maximum Gasteiger partial charge on any atom is 0.130 e. The predicted octanol–water partition coefficient (Wildman–Crippen LogP) is 3.32. The number of halogens is 3. The molecule has 0 bridgehead atoms. The van der Waals surface area contributed by atoms with Crippen molar-refractivity contribution in [3.8, 4) is 0 Å². The quantitative estimate of drug-likeness (QED) is 0.439. The molecule has 0 radical (unpaired) electrons. The lowest BCUT2D eigenvalue weighted by Gasteiger charge is -1.97. The van der Waals surface area contributed by atoms with Crippen molar-refractivity contribution in [2.24, 2.45) is 0 Å². The van der Waals surface area contributed by atoms with Gasteiger partial charge in [-0.3, -0.25) is 0 Å². The van der Waals surface area contributed by atoms with E-state index < -0.39 is 0 Å². The Bertz CT molecular complexity index is 239. The maximum absolute atomic E-state index is 5.80. The molecule has 1 heterocycles. The van der Waals surface area contributed by atoms with E-state index in [2.05, 4.69) is 27.6 Å². The van der Waals surface area contributed by atoms with Crippen LogP contribution in [0.2, 0.25) is 10.2 Å². The van der Waals surface area contributed by atoms with Crippen LogP contribution < -0.4 is 0 Å². The van der Waals surface area contributed by atoms with Crippen molar-refractivity contribution < 1.29 is 0 Å². The Balaban J connectivity index is 3.07. The van der Waals surface area contributed by atoms with E-state index in [4.69, 9.17) is 23.2 Å². The molecule has 0 aromatic carbocycles. The molecule has 0 atom stereocenters. The van der Waals surface area contributed by atoms with Crippen LogP contribution in [0.4, 0.5) is 0 Å². The Morgan fingerprint density at radius 1 is 1.50 bits per heavy atom. The van der Waals surface area contributed by atoms with Gasteiger partial charge in [0.25, 0.3) is 0 Å². The second kappa shape index (κ2) is 3.74. The first-order valence-electron chi connectivity index (χ1n) is 2.60.